The molecule has 16 heavy (non-hydrogen) atoms. The normalized spacial score (nSPS) is 21.9. The van der Waals surface area contributed by atoms with Crippen LogP contribution < -0.4 is 0 Å². The molecule has 0 bridgehead atoms. The second-order valence-corrected chi connectivity index (χ2v) is 5.87. The van der Waals surface area contributed by atoms with Gasteiger partial charge in [-0.05, 0) is 36.9 Å². The van der Waals surface area contributed by atoms with E-state index in [4.69, 9.17) is 0 Å². The molecule has 1 fully saturated rings. The zero-order valence-corrected chi connectivity index (χ0v) is 11.7. The standard InChI is InChI=1S/C14H20BrN/c1-11(2)14-8-5-9-16(14)10-12-6-3-4-7-13(12)15/h3-4,6-7,11,14H,5,8-10H2,1-2H3. The molecule has 0 saturated carbocycles. The van der Waals surface area contributed by atoms with Gasteiger partial charge in [0.25, 0.3) is 0 Å². The van der Waals surface area contributed by atoms with Crippen molar-refractivity contribution < 1.29 is 0 Å². The van der Waals surface area contributed by atoms with Crippen molar-refractivity contribution in [3.8, 4) is 0 Å². The second kappa shape index (κ2) is 5.33. The molecule has 2 rings (SSSR count). The van der Waals surface area contributed by atoms with E-state index in [1.165, 1.54) is 29.4 Å². The minimum Gasteiger partial charge on any atom is -0.296 e. The van der Waals surface area contributed by atoms with Crippen LogP contribution in [-0.4, -0.2) is 17.5 Å². The zero-order valence-electron chi connectivity index (χ0n) is 10.1. The van der Waals surface area contributed by atoms with Gasteiger partial charge in [-0.1, -0.05) is 48.0 Å². The van der Waals surface area contributed by atoms with Crippen LogP contribution in [0.5, 0.6) is 0 Å². The number of halogens is 1. The van der Waals surface area contributed by atoms with E-state index in [-0.39, 0.29) is 0 Å². The first-order valence-corrected chi connectivity index (χ1v) is 6.95. The van der Waals surface area contributed by atoms with Gasteiger partial charge in [0.15, 0.2) is 0 Å². The highest BCUT2D eigenvalue weighted by Gasteiger charge is 2.26. The molecule has 0 amide bonds. The molecular formula is C14H20BrN. The van der Waals surface area contributed by atoms with Crippen LogP contribution in [-0.2, 0) is 6.54 Å². The maximum atomic E-state index is 3.63. The third-order valence-corrected chi connectivity index (χ3v) is 4.29. The summed E-state index contributed by atoms with van der Waals surface area (Å²) in [5.41, 5.74) is 1.41. The van der Waals surface area contributed by atoms with Crippen LogP contribution in [0, 0.1) is 5.92 Å². The summed E-state index contributed by atoms with van der Waals surface area (Å²) in [5.74, 6) is 0.769. The van der Waals surface area contributed by atoms with Gasteiger partial charge in [0.1, 0.15) is 0 Å². The lowest BCUT2D eigenvalue weighted by atomic mass is 10.0. The Morgan fingerprint density at radius 1 is 1.38 bits per heavy atom. The van der Waals surface area contributed by atoms with E-state index in [1.807, 2.05) is 0 Å². The van der Waals surface area contributed by atoms with Gasteiger partial charge in [0.05, 0.1) is 0 Å². The molecule has 1 unspecified atom stereocenters. The van der Waals surface area contributed by atoms with E-state index in [9.17, 15) is 0 Å². The smallest absolute Gasteiger partial charge is 0.0247 e. The van der Waals surface area contributed by atoms with Crippen molar-refractivity contribution in [2.75, 3.05) is 6.54 Å². The quantitative estimate of drug-likeness (QED) is 0.807. The SMILES string of the molecule is CC(C)C1CCCN1Cc1ccccc1Br. The van der Waals surface area contributed by atoms with Crippen LogP contribution in [0.2, 0.25) is 0 Å². The fraction of sp³-hybridized carbons (Fsp3) is 0.571. The number of rotatable bonds is 3. The zero-order chi connectivity index (χ0) is 11.5. The van der Waals surface area contributed by atoms with Gasteiger partial charge in [0, 0.05) is 17.1 Å². The molecule has 1 heterocycles. The number of likely N-dealkylation sites (tertiary alicyclic amines) is 1. The Kier molecular flexibility index (Phi) is 4.04. The second-order valence-electron chi connectivity index (χ2n) is 5.02. The number of nitrogens with zero attached hydrogens (tertiary/aromatic N) is 1. The summed E-state index contributed by atoms with van der Waals surface area (Å²) in [7, 11) is 0. The molecule has 0 aromatic heterocycles. The molecule has 1 aliphatic rings. The van der Waals surface area contributed by atoms with Crippen molar-refractivity contribution in [3.63, 3.8) is 0 Å². The van der Waals surface area contributed by atoms with Gasteiger partial charge in [-0.2, -0.15) is 0 Å². The summed E-state index contributed by atoms with van der Waals surface area (Å²) in [4.78, 5) is 2.63. The lowest BCUT2D eigenvalue weighted by Crippen LogP contribution is -2.32. The predicted molar refractivity (Wildman–Crippen MR) is 72.4 cm³/mol. The summed E-state index contributed by atoms with van der Waals surface area (Å²) >= 11 is 3.63. The molecule has 0 spiro atoms. The summed E-state index contributed by atoms with van der Waals surface area (Å²) < 4.78 is 1.24. The van der Waals surface area contributed by atoms with Gasteiger partial charge in [-0.15, -0.1) is 0 Å². The summed E-state index contributed by atoms with van der Waals surface area (Å²) in [6.07, 6.45) is 2.72. The molecular weight excluding hydrogens is 262 g/mol. The highest BCUT2D eigenvalue weighted by Crippen LogP contribution is 2.27. The Morgan fingerprint density at radius 3 is 2.81 bits per heavy atom. The minimum absolute atomic E-state index is 0.769. The summed E-state index contributed by atoms with van der Waals surface area (Å²) in [6, 6.07) is 9.33. The van der Waals surface area contributed by atoms with E-state index >= 15 is 0 Å². The van der Waals surface area contributed by atoms with Crippen molar-refractivity contribution in [2.45, 2.75) is 39.3 Å². The average molecular weight is 282 g/mol. The monoisotopic (exact) mass is 281 g/mol. The predicted octanol–water partition coefficient (Wildman–Crippen LogP) is 4.07. The topological polar surface area (TPSA) is 3.24 Å². The lowest BCUT2D eigenvalue weighted by molar-refractivity contribution is 0.198. The van der Waals surface area contributed by atoms with E-state index in [0.717, 1.165) is 18.5 Å². The molecule has 0 radical (unpaired) electrons. The third kappa shape index (κ3) is 2.67. The van der Waals surface area contributed by atoms with Crippen molar-refractivity contribution in [2.24, 2.45) is 5.92 Å². The fourth-order valence-electron chi connectivity index (χ4n) is 2.65. The largest absolute Gasteiger partial charge is 0.296 e. The maximum Gasteiger partial charge on any atom is 0.0247 e. The highest BCUT2D eigenvalue weighted by molar-refractivity contribution is 9.10. The fourth-order valence-corrected chi connectivity index (χ4v) is 3.06. The Bertz CT molecular complexity index is 348. The van der Waals surface area contributed by atoms with Crippen LogP contribution in [0.15, 0.2) is 28.7 Å². The van der Waals surface area contributed by atoms with Crippen molar-refractivity contribution in [1.82, 2.24) is 4.90 Å². The van der Waals surface area contributed by atoms with Crippen molar-refractivity contribution >= 4 is 15.9 Å². The van der Waals surface area contributed by atoms with E-state index < -0.39 is 0 Å². The van der Waals surface area contributed by atoms with Crippen molar-refractivity contribution in [3.05, 3.63) is 34.3 Å². The highest BCUT2D eigenvalue weighted by atomic mass is 79.9. The van der Waals surface area contributed by atoms with E-state index in [1.54, 1.807) is 0 Å². The van der Waals surface area contributed by atoms with Crippen LogP contribution in [0.3, 0.4) is 0 Å². The number of benzene rings is 1. The van der Waals surface area contributed by atoms with Gasteiger partial charge >= 0.3 is 0 Å². The van der Waals surface area contributed by atoms with Crippen LogP contribution >= 0.6 is 15.9 Å². The first-order valence-electron chi connectivity index (χ1n) is 6.16. The van der Waals surface area contributed by atoms with Crippen LogP contribution in [0.25, 0.3) is 0 Å². The molecule has 1 aromatic carbocycles. The first kappa shape index (κ1) is 12.1. The Morgan fingerprint density at radius 2 is 2.12 bits per heavy atom. The average Bonchev–Trinajstić information content (AvgIpc) is 2.69. The maximum absolute atomic E-state index is 3.63. The lowest BCUT2D eigenvalue weighted by Gasteiger charge is -2.27. The van der Waals surface area contributed by atoms with Gasteiger partial charge in [-0.3, -0.25) is 4.90 Å². The van der Waals surface area contributed by atoms with Crippen LogP contribution in [0.1, 0.15) is 32.3 Å². The number of hydrogen-bond donors (Lipinski definition) is 0. The molecule has 1 saturated heterocycles. The van der Waals surface area contributed by atoms with E-state index in [2.05, 4.69) is 58.9 Å². The molecule has 0 N–H and O–H groups in total. The van der Waals surface area contributed by atoms with E-state index in [0.29, 0.717) is 0 Å². The molecule has 0 aliphatic carbocycles. The van der Waals surface area contributed by atoms with Gasteiger partial charge in [0.2, 0.25) is 0 Å². The molecule has 1 aliphatic heterocycles. The summed E-state index contributed by atoms with van der Waals surface area (Å²) in [5, 5.41) is 0. The third-order valence-electron chi connectivity index (χ3n) is 3.52. The van der Waals surface area contributed by atoms with Crippen molar-refractivity contribution in [1.29, 1.82) is 0 Å². The van der Waals surface area contributed by atoms with Gasteiger partial charge in [-0.25, -0.2) is 0 Å². The Labute approximate surface area is 107 Å². The van der Waals surface area contributed by atoms with Crippen LogP contribution in [0.4, 0.5) is 0 Å². The Hall–Kier alpha value is -0.340. The molecule has 2 heteroatoms. The minimum atomic E-state index is 0.769. The molecule has 1 aromatic rings. The Balaban J connectivity index is 2.07. The number of hydrogen-bond acceptors (Lipinski definition) is 1. The van der Waals surface area contributed by atoms with Gasteiger partial charge < -0.3 is 0 Å². The first-order chi connectivity index (χ1) is 7.68. The molecule has 88 valence electrons. The molecule has 1 atom stereocenters. The molecule has 1 nitrogen and oxygen atoms in total. The summed E-state index contributed by atoms with van der Waals surface area (Å²) in [6.45, 7) is 7.01.